The van der Waals surface area contributed by atoms with Gasteiger partial charge in [-0.15, -0.1) is 0 Å². The summed E-state index contributed by atoms with van der Waals surface area (Å²) in [5.74, 6) is 0. The van der Waals surface area contributed by atoms with E-state index in [-0.39, 0.29) is 0 Å². The molecule has 0 fully saturated rings. The van der Waals surface area contributed by atoms with Crippen molar-refractivity contribution >= 4 is 31.7 Å². The van der Waals surface area contributed by atoms with Crippen molar-refractivity contribution in [3.05, 3.63) is 16.4 Å². The zero-order valence-electron chi connectivity index (χ0n) is 11.6. The van der Waals surface area contributed by atoms with E-state index in [9.17, 15) is 19.2 Å². The zero-order chi connectivity index (χ0) is 16.3. The number of aromatic nitrogens is 2. The Hall–Kier alpha value is -1.22. The van der Waals surface area contributed by atoms with E-state index in [1.165, 1.54) is 0 Å². The molecule has 0 unspecified atom stereocenters. The van der Waals surface area contributed by atoms with Crippen molar-refractivity contribution in [2.24, 2.45) is 0 Å². The summed E-state index contributed by atoms with van der Waals surface area (Å²) in [7, 11) is -4.02. The van der Waals surface area contributed by atoms with Gasteiger partial charge in [0.05, 0.1) is 4.92 Å². The van der Waals surface area contributed by atoms with Crippen LogP contribution in [0.1, 0.15) is 0 Å². The van der Waals surface area contributed by atoms with Crippen LogP contribution in [0.2, 0.25) is 0 Å². The van der Waals surface area contributed by atoms with Crippen molar-refractivity contribution in [1.82, 2.24) is 9.97 Å². The van der Waals surface area contributed by atoms with E-state index in [0.29, 0.717) is 0 Å². The van der Waals surface area contributed by atoms with Crippen molar-refractivity contribution in [3.63, 3.8) is 0 Å². The third-order valence-electron chi connectivity index (χ3n) is 2.45. The summed E-state index contributed by atoms with van der Waals surface area (Å²) in [6, 6.07) is 0. The molecule has 0 spiro atoms. The SMILES string of the molecule is COP(=O)(OC)c1ncnc(P(=O)(OC)OC)c1[N+](=O)[O-]. The van der Waals surface area contributed by atoms with Gasteiger partial charge >= 0.3 is 20.9 Å². The molecule has 0 aliphatic rings. The second-order valence-corrected chi connectivity index (χ2v) is 7.65. The summed E-state index contributed by atoms with van der Waals surface area (Å²) < 4.78 is 43.3. The van der Waals surface area contributed by atoms with Gasteiger partial charge in [0.1, 0.15) is 6.33 Å². The molecule has 11 nitrogen and oxygen atoms in total. The van der Waals surface area contributed by atoms with Crippen molar-refractivity contribution in [2.75, 3.05) is 28.4 Å². The first kappa shape index (κ1) is 17.8. The average molecular weight is 341 g/mol. The van der Waals surface area contributed by atoms with Crippen LogP contribution in [0.25, 0.3) is 0 Å². The fraction of sp³-hybridized carbons (Fsp3) is 0.500. The molecule has 1 aromatic rings. The second kappa shape index (κ2) is 6.69. The van der Waals surface area contributed by atoms with Crippen LogP contribution in [0.4, 0.5) is 5.69 Å². The summed E-state index contributed by atoms with van der Waals surface area (Å²) >= 11 is 0. The molecule has 1 rings (SSSR count). The zero-order valence-corrected chi connectivity index (χ0v) is 13.4. The molecule has 0 N–H and O–H groups in total. The van der Waals surface area contributed by atoms with E-state index >= 15 is 0 Å². The third-order valence-corrected chi connectivity index (χ3v) is 6.06. The van der Waals surface area contributed by atoms with Crippen molar-refractivity contribution in [2.45, 2.75) is 0 Å². The molecule has 0 bridgehead atoms. The number of nitro groups is 1. The van der Waals surface area contributed by atoms with E-state index < -0.39 is 36.7 Å². The van der Waals surface area contributed by atoms with Gasteiger partial charge in [0.2, 0.25) is 10.9 Å². The minimum atomic E-state index is -4.07. The first-order chi connectivity index (χ1) is 9.79. The summed E-state index contributed by atoms with van der Waals surface area (Å²) in [4.78, 5) is 17.4. The molecule has 0 saturated carbocycles. The molecule has 0 saturated heterocycles. The highest BCUT2D eigenvalue weighted by Gasteiger charge is 2.44. The maximum Gasteiger partial charge on any atom is 0.386 e. The van der Waals surface area contributed by atoms with Crippen LogP contribution >= 0.6 is 15.2 Å². The van der Waals surface area contributed by atoms with Gasteiger partial charge in [-0.1, -0.05) is 0 Å². The molecule has 0 atom stereocenters. The van der Waals surface area contributed by atoms with Crippen molar-refractivity contribution < 1.29 is 32.1 Å². The molecule has 0 radical (unpaired) electrons. The monoisotopic (exact) mass is 341 g/mol. The van der Waals surface area contributed by atoms with Gasteiger partial charge in [-0.25, -0.2) is 9.97 Å². The highest BCUT2D eigenvalue weighted by atomic mass is 31.2. The van der Waals surface area contributed by atoms with Gasteiger partial charge in [-0.2, -0.15) is 0 Å². The molecule has 118 valence electrons. The van der Waals surface area contributed by atoms with Crippen molar-refractivity contribution in [3.8, 4) is 0 Å². The Morgan fingerprint density at radius 3 is 1.52 bits per heavy atom. The van der Waals surface area contributed by atoms with Gasteiger partial charge in [-0.05, 0) is 0 Å². The highest BCUT2D eigenvalue weighted by Crippen LogP contribution is 2.50. The van der Waals surface area contributed by atoms with Crippen molar-refractivity contribution in [1.29, 1.82) is 0 Å². The van der Waals surface area contributed by atoms with Crippen LogP contribution in [0.3, 0.4) is 0 Å². The number of hydrogen-bond acceptors (Lipinski definition) is 10. The molecule has 0 aromatic carbocycles. The Morgan fingerprint density at radius 1 is 0.952 bits per heavy atom. The Kier molecular flexibility index (Phi) is 5.68. The number of hydrogen-bond donors (Lipinski definition) is 0. The van der Waals surface area contributed by atoms with Gasteiger partial charge < -0.3 is 18.1 Å². The Morgan fingerprint density at radius 2 is 1.29 bits per heavy atom. The molecular formula is C8H13N3O8P2. The van der Waals surface area contributed by atoms with Gasteiger partial charge in [0, 0.05) is 28.4 Å². The average Bonchev–Trinajstić information content (AvgIpc) is 2.52. The van der Waals surface area contributed by atoms with Crippen LogP contribution in [-0.2, 0) is 27.2 Å². The standard InChI is InChI=1S/C8H13N3O8P2/c1-16-20(14,17-2)7-6(11(12)13)8(10-5-9-7)21(15,18-3)19-4/h5H,1-4H3. The quantitative estimate of drug-likeness (QED) is 0.393. The topological polar surface area (TPSA) is 140 Å². The van der Waals surface area contributed by atoms with E-state index in [1.807, 2.05) is 0 Å². The highest BCUT2D eigenvalue weighted by molar-refractivity contribution is 7.64. The van der Waals surface area contributed by atoms with Crippen LogP contribution in [-0.4, -0.2) is 43.3 Å². The second-order valence-electron chi connectivity index (χ2n) is 3.35. The first-order valence-corrected chi connectivity index (χ1v) is 8.31. The molecule has 13 heteroatoms. The lowest BCUT2D eigenvalue weighted by Crippen LogP contribution is -2.27. The van der Waals surface area contributed by atoms with E-state index in [2.05, 4.69) is 28.1 Å². The van der Waals surface area contributed by atoms with Crippen LogP contribution < -0.4 is 10.9 Å². The predicted octanol–water partition coefficient (Wildman–Crippen LogP) is 0.607. The summed E-state index contributed by atoms with van der Waals surface area (Å²) in [6.07, 6.45) is 0.826. The van der Waals surface area contributed by atoms with Crippen LogP contribution in [0, 0.1) is 10.1 Å². The number of rotatable bonds is 7. The Balaban J connectivity index is 3.76. The van der Waals surface area contributed by atoms with Crippen LogP contribution in [0.15, 0.2) is 6.33 Å². The molecule has 0 aliphatic carbocycles. The minimum Gasteiger partial charge on any atom is -0.307 e. The maximum absolute atomic E-state index is 12.3. The first-order valence-electron chi connectivity index (χ1n) is 5.23. The van der Waals surface area contributed by atoms with Gasteiger partial charge in [-0.3, -0.25) is 19.2 Å². The summed E-state index contributed by atoms with van der Waals surface area (Å²) in [5, 5.41) is 11.3. The van der Waals surface area contributed by atoms with E-state index in [4.69, 9.17) is 0 Å². The largest absolute Gasteiger partial charge is 0.386 e. The summed E-state index contributed by atoms with van der Waals surface area (Å²) in [6.45, 7) is 0. The maximum atomic E-state index is 12.3. The fourth-order valence-electron chi connectivity index (χ4n) is 1.42. The molecule has 0 aliphatic heterocycles. The molecular weight excluding hydrogens is 328 g/mol. The summed E-state index contributed by atoms with van der Waals surface area (Å²) in [5.41, 5.74) is -2.19. The predicted molar refractivity (Wildman–Crippen MR) is 71.2 cm³/mol. The lowest BCUT2D eigenvalue weighted by molar-refractivity contribution is -0.383. The van der Waals surface area contributed by atoms with Gasteiger partial charge in [0.25, 0.3) is 0 Å². The minimum absolute atomic E-state index is 0.642. The van der Waals surface area contributed by atoms with Crippen LogP contribution in [0.5, 0.6) is 0 Å². The molecule has 0 amide bonds. The number of nitrogens with zero attached hydrogens (tertiary/aromatic N) is 3. The molecule has 21 heavy (non-hydrogen) atoms. The molecule has 1 aromatic heterocycles. The van der Waals surface area contributed by atoms with E-state index in [1.54, 1.807) is 0 Å². The molecule has 1 heterocycles. The lowest BCUT2D eigenvalue weighted by Gasteiger charge is -2.16. The third kappa shape index (κ3) is 3.18. The smallest absolute Gasteiger partial charge is 0.307 e. The Labute approximate surface area is 119 Å². The van der Waals surface area contributed by atoms with Gasteiger partial charge in [0.15, 0.2) is 0 Å². The van der Waals surface area contributed by atoms with E-state index in [0.717, 1.165) is 34.8 Å². The Bertz CT molecular complexity index is 576. The normalized spacial score (nSPS) is 12.4. The lowest BCUT2D eigenvalue weighted by atomic mass is 10.5. The fourth-order valence-corrected chi connectivity index (χ4v) is 3.78.